The van der Waals surface area contributed by atoms with Gasteiger partial charge in [-0.25, -0.2) is 8.42 Å². The van der Waals surface area contributed by atoms with Gasteiger partial charge >= 0.3 is 0 Å². The lowest BCUT2D eigenvalue weighted by Crippen LogP contribution is -2.41. The quantitative estimate of drug-likeness (QED) is 0.571. The van der Waals surface area contributed by atoms with Gasteiger partial charge in [0.05, 0.1) is 11.9 Å². The van der Waals surface area contributed by atoms with Crippen LogP contribution >= 0.6 is 35.0 Å². The van der Waals surface area contributed by atoms with E-state index in [9.17, 15) is 13.2 Å². The first-order valence-corrected chi connectivity index (χ1v) is 12.3. The minimum absolute atomic E-state index is 0.292. The van der Waals surface area contributed by atoms with Gasteiger partial charge in [0, 0.05) is 28.1 Å². The van der Waals surface area contributed by atoms with Gasteiger partial charge in [0.15, 0.2) is 0 Å². The van der Waals surface area contributed by atoms with E-state index >= 15 is 0 Å². The molecule has 0 aliphatic rings. The molecule has 1 N–H and O–H groups in total. The van der Waals surface area contributed by atoms with E-state index in [0.717, 1.165) is 27.4 Å². The van der Waals surface area contributed by atoms with E-state index in [1.807, 2.05) is 31.2 Å². The number of sulfonamides is 1. The van der Waals surface area contributed by atoms with E-state index in [1.54, 1.807) is 30.0 Å². The second kappa shape index (κ2) is 10.4. The maximum atomic E-state index is 12.2. The molecule has 0 saturated heterocycles. The molecule has 2 rings (SSSR count). The molecule has 1 amide bonds. The molecule has 0 saturated carbocycles. The molecule has 28 heavy (non-hydrogen) atoms. The third-order valence-electron chi connectivity index (χ3n) is 3.88. The van der Waals surface area contributed by atoms with Crippen LogP contribution in [0.4, 0.5) is 5.69 Å². The number of rotatable bonds is 9. The molecule has 0 spiro atoms. The van der Waals surface area contributed by atoms with Gasteiger partial charge in [-0.1, -0.05) is 41.4 Å². The molecule has 0 aliphatic heterocycles. The highest BCUT2D eigenvalue weighted by Crippen LogP contribution is 2.24. The summed E-state index contributed by atoms with van der Waals surface area (Å²) < 4.78 is 25.3. The number of amides is 1. The van der Waals surface area contributed by atoms with E-state index in [2.05, 4.69) is 5.32 Å². The average molecular weight is 461 g/mol. The van der Waals surface area contributed by atoms with Gasteiger partial charge in [0.25, 0.3) is 0 Å². The molecule has 2 aromatic carbocycles. The number of aryl methyl sites for hydroxylation is 1. The molecule has 0 heterocycles. The van der Waals surface area contributed by atoms with Crippen molar-refractivity contribution < 1.29 is 13.2 Å². The summed E-state index contributed by atoms with van der Waals surface area (Å²) in [4.78, 5) is 12.2. The first-order chi connectivity index (χ1) is 13.2. The number of halogens is 2. The van der Waals surface area contributed by atoms with Crippen LogP contribution in [0.1, 0.15) is 11.1 Å². The summed E-state index contributed by atoms with van der Waals surface area (Å²) in [7, 11) is -3.62. The molecule has 5 nitrogen and oxygen atoms in total. The van der Waals surface area contributed by atoms with Gasteiger partial charge in [-0.15, -0.1) is 0 Å². The number of hydrogen-bond acceptors (Lipinski definition) is 4. The molecule has 9 heteroatoms. The minimum atomic E-state index is -3.62. The number of nitrogens with one attached hydrogen (secondary N) is 1. The van der Waals surface area contributed by atoms with Crippen molar-refractivity contribution >= 4 is 56.6 Å². The lowest BCUT2D eigenvalue weighted by atomic mass is 10.2. The largest absolute Gasteiger partial charge is 0.354 e. The summed E-state index contributed by atoms with van der Waals surface area (Å²) in [5.41, 5.74) is 2.35. The van der Waals surface area contributed by atoms with Crippen molar-refractivity contribution in [2.24, 2.45) is 0 Å². The molecule has 0 radical (unpaired) electrons. The van der Waals surface area contributed by atoms with Crippen molar-refractivity contribution in [2.45, 2.75) is 12.7 Å². The van der Waals surface area contributed by atoms with Crippen LogP contribution in [0.25, 0.3) is 0 Å². The van der Waals surface area contributed by atoms with Gasteiger partial charge in [-0.05, 0) is 42.3 Å². The Bertz CT molecular complexity index is 919. The Morgan fingerprint density at radius 1 is 1.14 bits per heavy atom. The average Bonchev–Trinajstić information content (AvgIpc) is 2.62. The zero-order valence-corrected chi connectivity index (χ0v) is 18.8. The third kappa shape index (κ3) is 7.20. The second-order valence-corrected chi connectivity index (χ2v) is 10.1. The maximum absolute atomic E-state index is 12.2. The summed E-state index contributed by atoms with van der Waals surface area (Å²) >= 11 is 13.6. The highest BCUT2D eigenvalue weighted by molar-refractivity contribution is 7.98. The van der Waals surface area contributed by atoms with Crippen LogP contribution in [-0.2, 0) is 20.6 Å². The van der Waals surface area contributed by atoms with E-state index < -0.39 is 10.0 Å². The van der Waals surface area contributed by atoms with Crippen LogP contribution in [0.3, 0.4) is 0 Å². The van der Waals surface area contributed by atoms with Crippen LogP contribution in [0.15, 0.2) is 42.5 Å². The van der Waals surface area contributed by atoms with Crippen molar-refractivity contribution in [3.8, 4) is 0 Å². The summed E-state index contributed by atoms with van der Waals surface area (Å²) in [6.45, 7) is 1.98. The van der Waals surface area contributed by atoms with E-state index in [-0.39, 0.29) is 12.5 Å². The second-order valence-electron chi connectivity index (χ2n) is 6.23. The van der Waals surface area contributed by atoms with E-state index in [4.69, 9.17) is 23.2 Å². The molecular formula is C19H22Cl2N2O3S2. The zero-order chi connectivity index (χ0) is 20.7. The van der Waals surface area contributed by atoms with E-state index in [1.165, 1.54) is 0 Å². The monoisotopic (exact) mass is 460 g/mol. The normalized spacial score (nSPS) is 11.3. The third-order valence-corrected chi connectivity index (χ3v) is 6.71. The van der Waals surface area contributed by atoms with Crippen molar-refractivity contribution in [1.82, 2.24) is 5.32 Å². The molecular weight excluding hydrogens is 439 g/mol. The Morgan fingerprint density at radius 3 is 2.43 bits per heavy atom. The first-order valence-electron chi connectivity index (χ1n) is 8.49. The Labute approximate surface area is 180 Å². The molecule has 0 bridgehead atoms. The highest BCUT2D eigenvalue weighted by atomic mass is 35.5. The van der Waals surface area contributed by atoms with Crippen LogP contribution in [-0.4, -0.2) is 39.4 Å². The number of thioether (sulfide) groups is 1. The topological polar surface area (TPSA) is 66.5 Å². The molecule has 0 fully saturated rings. The lowest BCUT2D eigenvalue weighted by molar-refractivity contribution is -0.119. The smallest absolute Gasteiger partial charge is 0.240 e. The van der Waals surface area contributed by atoms with E-state index in [0.29, 0.717) is 28.0 Å². The highest BCUT2D eigenvalue weighted by Gasteiger charge is 2.21. The van der Waals surface area contributed by atoms with Crippen molar-refractivity contribution in [2.75, 3.05) is 29.4 Å². The summed E-state index contributed by atoms with van der Waals surface area (Å²) in [6.07, 6.45) is 1.07. The van der Waals surface area contributed by atoms with Crippen LogP contribution < -0.4 is 9.62 Å². The minimum Gasteiger partial charge on any atom is -0.354 e. The number of carbonyl (C=O) groups is 1. The number of benzene rings is 2. The molecule has 2 aromatic rings. The van der Waals surface area contributed by atoms with Gasteiger partial charge in [-0.2, -0.15) is 11.8 Å². The molecule has 0 aliphatic carbocycles. The maximum Gasteiger partial charge on any atom is 0.240 e. The number of nitrogens with zero attached hydrogens (tertiary/aromatic N) is 1. The molecule has 152 valence electrons. The van der Waals surface area contributed by atoms with Crippen LogP contribution in [0.2, 0.25) is 10.0 Å². The summed E-state index contributed by atoms with van der Waals surface area (Å²) in [6, 6.07) is 12.5. The van der Waals surface area contributed by atoms with Crippen molar-refractivity contribution in [3.05, 3.63) is 63.6 Å². The Balaban J connectivity index is 1.84. The number of carbonyl (C=O) groups excluding carboxylic acids is 1. The Kier molecular flexibility index (Phi) is 8.49. The molecule has 0 aromatic heterocycles. The Hall–Kier alpha value is -1.41. The molecule has 0 unspecified atom stereocenters. The van der Waals surface area contributed by atoms with Crippen LogP contribution in [0.5, 0.6) is 0 Å². The van der Waals surface area contributed by atoms with Crippen LogP contribution in [0, 0.1) is 6.92 Å². The molecule has 0 atom stereocenters. The van der Waals surface area contributed by atoms with Gasteiger partial charge in [0.2, 0.25) is 15.9 Å². The van der Waals surface area contributed by atoms with Gasteiger partial charge in [-0.3, -0.25) is 9.10 Å². The number of hydrogen-bond donors (Lipinski definition) is 1. The summed E-state index contributed by atoms with van der Waals surface area (Å²) in [5, 5.41) is 3.91. The predicted octanol–water partition coefficient (Wildman–Crippen LogP) is 4.12. The zero-order valence-electron chi connectivity index (χ0n) is 15.6. The standard InChI is InChI=1S/C19H22Cl2N2O3S2/c1-14-3-8-17(11-18(14)21)23(28(2,25)26)12-19(24)22-9-10-27-13-15-4-6-16(20)7-5-15/h3-8,11H,9-10,12-13H2,1-2H3,(H,22,24). The van der Waals surface area contributed by atoms with Gasteiger partial charge < -0.3 is 5.32 Å². The predicted molar refractivity (Wildman–Crippen MR) is 119 cm³/mol. The SMILES string of the molecule is Cc1ccc(N(CC(=O)NCCSCc2ccc(Cl)cc2)S(C)(=O)=O)cc1Cl. The fraction of sp³-hybridized carbons (Fsp3) is 0.316. The fourth-order valence-corrected chi connectivity index (χ4v) is 4.32. The van der Waals surface area contributed by atoms with Gasteiger partial charge in [0.1, 0.15) is 6.54 Å². The summed E-state index contributed by atoms with van der Waals surface area (Å²) in [5.74, 6) is 1.16. The fourth-order valence-electron chi connectivity index (χ4n) is 2.36. The number of anilines is 1. The lowest BCUT2D eigenvalue weighted by Gasteiger charge is -2.22. The Morgan fingerprint density at radius 2 is 1.82 bits per heavy atom. The first kappa shape index (κ1) is 22.9. The van der Waals surface area contributed by atoms with Crippen molar-refractivity contribution in [1.29, 1.82) is 0 Å². The van der Waals surface area contributed by atoms with Crippen molar-refractivity contribution in [3.63, 3.8) is 0 Å².